The summed E-state index contributed by atoms with van der Waals surface area (Å²) in [7, 11) is 0. The normalized spacial score (nSPS) is 10.5. The summed E-state index contributed by atoms with van der Waals surface area (Å²) >= 11 is 3.44. The fraction of sp³-hybridized carbons (Fsp3) is 0. The van der Waals surface area contributed by atoms with Gasteiger partial charge < -0.3 is 0 Å². The minimum absolute atomic E-state index is 1.06. The average Bonchev–Trinajstić information content (AvgIpc) is 2.03. The lowest BCUT2D eigenvalue weighted by Gasteiger charge is -1.99. The number of hydrogen-bond donors (Lipinski definition) is 0. The summed E-state index contributed by atoms with van der Waals surface area (Å²) in [5.41, 5.74) is 1.06. The molecule has 0 nitrogen and oxygen atoms in total. The molecule has 0 saturated carbocycles. The molecule has 12 heavy (non-hydrogen) atoms. The van der Waals surface area contributed by atoms with Gasteiger partial charge in [0, 0.05) is 4.47 Å². The fourth-order valence-corrected chi connectivity index (χ4v) is 1.65. The van der Waals surface area contributed by atoms with Crippen molar-refractivity contribution >= 4 is 26.7 Å². The zero-order valence-electron chi connectivity index (χ0n) is 6.55. The zero-order valence-corrected chi connectivity index (χ0v) is 8.14. The molecule has 1 radical (unpaired) electrons. The van der Waals surface area contributed by atoms with Crippen molar-refractivity contribution < 1.29 is 0 Å². The van der Waals surface area contributed by atoms with Crippen LogP contribution in [0.2, 0.25) is 0 Å². The first-order chi connectivity index (χ1) is 5.75. The van der Waals surface area contributed by atoms with E-state index in [9.17, 15) is 0 Å². The lowest BCUT2D eigenvalue weighted by atomic mass is 10.1. The van der Waals surface area contributed by atoms with Crippen LogP contribution < -0.4 is 0 Å². The van der Waals surface area contributed by atoms with Crippen LogP contribution in [0.25, 0.3) is 10.8 Å². The molecule has 0 fully saturated rings. The highest BCUT2D eigenvalue weighted by molar-refractivity contribution is 9.10. The third kappa shape index (κ3) is 1.37. The quantitative estimate of drug-likeness (QED) is 0.633. The van der Waals surface area contributed by atoms with E-state index in [1.165, 1.54) is 10.8 Å². The maximum absolute atomic E-state index is 3.89. The van der Waals surface area contributed by atoms with E-state index in [2.05, 4.69) is 47.1 Å². The largest absolute Gasteiger partial charge is 0.0584 e. The number of benzene rings is 2. The maximum Gasteiger partial charge on any atom is 0.0181 e. The molecule has 0 N–H and O–H groups in total. The first kappa shape index (κ1) is 7.81. The minimum Gasteiger partial charge on any atom is -0.0584 e. The molecule has 59 valence electrons. The Morgan fingerprint density at radius 3 is 2.50 bits per heavy atom. The SMILES string of the molecule is [CH2]c1ccc2ccc(Br)cc2c1. The molecular formula is C11H8Br. The van der Waals surface area contributed by atoms with Crippen LogP contribution in [0.5, 0.6) is 0 Å². The van der Waals surface area contributed by atoms with Gasteiger partial charge in [0.1, 0.15) is 0 Å². The molecule has 0 atom stereocenters. The Morgan fingerprint density at radius 1 is 0.917 bits per heavy atom. The van der Waals surface area contributed by atoms with Crippen molar-refractivity contribution in [2.24, 2.45) is 0 Å². The molecule has 2 aromatic rings. The number of hydrogen-bond acceptors (Lipinski definition) is 0. The Hall–Kier alpha value is -0.820. The van der Waals surface area contributed by atoms with Crippen molar-refractivity contribution in [1.29, 1.82) is 0 Å². The van der Waals surface area contributed by atoms with Gasteiger partial charge in [-0.25, -0.2) is 0 Å². The van der Waals surface area contributed by atoms with Crippen molar-refractivity contribution in [2.45, 2.75) is 0 Å². The van der Waals surface area contributed by atoms with Gasteiger partial charge in [-0.15, -0.1) is 0 Å². The standard InChI is InChI=1S/C11H8Br/c1-8-2-3-9-4-5-11(12)7-10(9)6-8/h2-7H,1H2. The summed E-state index contributed by atoms with van der Waals surface area (Å²) in [6.07, 6.45) is 0. The zero-order chi connectivity index (χ0) is 8.55. The molecule has 0 aliphatic carbocycles. The second-order valence-corrected chi connectivity index (χ2v) is 3.74. The summed E-state index contributed by atoms with van der Waals surface area (Å²) in [6, 6.07) is 12.4. The van der Waals surface area contributed by atoms with Crippen LogP contribution in [0, 0.1) is 6.92 Å². The van der Waals surface area contributed by atoms with Crippen LogP contribution in [0.3, 0.4) is 0 Å². The lowest BCUT2D eigenvalue weighted by molar-refractivity contribution is 1.64. The van der Waals surface area contributed by atoms with Crippen molar-refractivity contribution in [3.8, 4) is 0 Å². The number of halogens is 1. The Labute approximate surface area is 80.3 Å². The molecule has 0 heterocycles. The van der Waals surface area contributed by atoms with Crippen molar-refractivity contribution in [1.82, 2.24) is 0 Å². The summed E-state index contributed by atoms with van der Waals surface area (Å²) < 4.78 is 1.11. The lowest BCUT2D eigenvalue weighted by Crippen LogP contribution is -1.74. The van der Waals surface area contributed by atoms with Gasteiger partial charge in [-0.3, -0.25) is 0 Å². The fourth-order valence-electron chi connectivity index (χ4n) is 1.27. The van der Waals surface area contributed by atoms with E-state index in [-0.39, 0.29) is 0 Å². The second kappa shape index (κ2) is 2.91. The van der Waals surface area contributed by atoms with Crippen molar-refractivity contribution in [3.05, 3.63) is 53.4 Å². The summed E-state index contributed by atoms with van der Waals surface area (Å²) in [6.45, 7) is 3.89. The van der Waals surface area contributed by atoms with Gasteiger partial charge in [-0.05, 0) is 35.4 Å². The van der Waals surface area contributed by atoms with Crippen LogP contribution in [-0.2, 0) is 0 Å². The Kier molecular flexibility index (Phi) is 1.89. The van der Waals surface area contributed by atoms with Gasteiger partial charge in [-0.1, -0.05) is 40.2 Å². The highest BCUT2D eigenvalue weighted by Crippen LogP contribution is 2.20. The maximum atomic E-state index is 3.89. The smallest absolute Gasteiger partial charge is 0.0181 e. The van der Waals surface area contributed by atoms with E-state index >= 15 is 0 Å². The average molecular weight is 220 g/mol. The van der Waals surface area contributed by atoms with Crippen LogP contribution in [0.1, 0.15) is 5.56 Å². The van der Waals surface area contributed by atoms with Crippen molar-refractivity contribution in [3.63, 3.8) is 0 Å². The van der Waals surface area contributed by atoms with Gasteiger partial charge in [-0.2, -0.15) is 0 Å². The summed E-state index contributed by atoms with van der Waals surface area (Å²) in [4.78, 5) is 0. The van der Waals surface area contributed by atoms with Gasteiger partial charge in [0.25, 0.3) is 0 Å². The molecule has 0 amide bonds. The van der Waals surface area contributed by atoms with E-state index in [0.29, 0.717) is 0 Å². The highest BCUT2D eigenvalue weighted by atomic mass is 79.9. The van der Waals surface area contributed by atoms with Crippen LogP contribution in [-0.4, -0.2) is 0 Å². The highest BCUT2D eigenvalue weighted by Gasteiger charge is 1.93. The topological polar surface area (TPSA) is 0 Å². The monoisotopic (exact) mass is 219 g/mol. The molecule has 0 bridgehead atoms. The van der Waals surface area contributed by atoms with Gasteiger partial charge in [0.05, 0.1) is 0 Å². The Balaban J connectivity index is 2.80. The minimum atomic E-state index is 1.06. The summed E-state index contributed by atoms with van der Waals surface area (Å²) in [5, 5.41) is 2.49. The number of rotatable bonds is 0. The third-order valence-corrected chi connectivity index (χ3v) is 2.36. The van der Waals surface area contributed by atoms with Gasteiger partial charge in [0.2, 0.25) is 0 Å². The first-order valence-corrected chi connectivity index (χ1v) is 4.56. The first-order valence-electron chi connectivity index (χ1n) is 3.77. The Bertz CT molecular complexity index is 382. The van der Waals surface area contributed by atoms with Crippen LogP contribution >= 0.6 is 15.9 Å². The molecule has 0 unspecified atom stereocenters. The Morgan fingerprint density at radius 2 is 1.67 bits per heavy atom. The van der Waals surface area contributed by atoms with Crippen LogP contribution in [0.15, 0.2) is 40.9 Å². The molecule has 1 heteroatoms. The molecule has 2 aromatic carbocycles. The van der Waals surface area contributed by atoms with E-state index in [0.717, 1.165) is 10.0 Å². The predicted molar refractivity (Wildman–Crippen MR) is 56.1 cm³/mol. The molecule has 0 aliphatic heterocycles. The van der Waals surface area contributed by atoms with E-state index in [1.807, 2.05) is 12.1 Å². The summed E-state index contributed by atoms with van der Waals surface area (Å²) in [5.74, 6) is 0. The van der Waals surface area contributed by atoms with E-state index < -0.39 is 0 Å². The predicted octanol–water partition coefficient (Wildman–Crippen LogP) is 3.78. The molecule has 2 rings (SSSR count). The van der Waals surface area contributed by atoms with Gasteiger partial charge in [0.15, 0.2) is 0 Å². The van der Waals surface area contributed by atoms with Crippen molar-refractivity contribution in [2.75, 3.05) is 0 Å². The van der Waals surface area contributed by atoms with Gasteiger partial charge >= 0.3 is 0 Å². The van der Waals surface area contributed by atoms with E-state index in [1.54, 1.807) is 0 Å². The molecule has 0 aliphatic rings. The van der Waals surface area contributed by atoms with E-state index in [4.69, 9.17) is 0 Å². The number of fused-ring (bicyclic) bond motifs is 1. The molecule has 0 saturated heterocycles. The molecule has 0 aromatic heterocycles. The molecular weight excluding hydrogens is 212 g/mol. The molecule has 0 spiro atoms. The van der Waals surface area contributed by atoms with Crippen LogP contribution in [0.4, 0.5) is 0 Å². The second-order valence-electron chi connectivity index (χ2n) is 2.83. The third-order valence-electron chi connectivity index (χ3n) is 1.87.